The monoisotopic (exact) mass is 357 g/mol. The van der Waals surface area contributed by atoms with Gasteiger partial charge in [0.1, 0.15) is 0 Å². The molecule has 0 aliphatic carbocycles. The van der Waals surface area contributed by atoms with Gasteiger partial charge in [0.15, 0.2) is 0 Å². The van der Waals surface area contributed by atoms with Crippen molar-refractivity contribution in [2.45, 2.75) is 38.5 Å². The lowest BCUT2D eigenvalue weighted by molar-refractivity contribution is -0.135. The standard InChI is InChI=1S/C20H27N3O3/c21-20(26)17-5-3-4-15(13-17)12-16-7-10-23(14-16)19(25)8-11-22-9-2-1-6-18(22)24/h3-5,13,16H,1-2,6-12,14H2,(H2,21,26)/t16-/m0/s1. The molecule has 2 fully saturated rings. The zero-order valence-electron chi connectivity index (χ0n) is 15.2. The molecule has 0 saturated carbocycles. The fourth-order valence-corrected chi connectivity index (χ4v) is 3.90. The Bertz CT molecular complexity index is 689. The number of amides is 3. The van der Waals surface area contributed by atoms with Crippen LogP contribution in [0.5, 0.6) is 0 Å². The molecule has 6 nitrogen and oxygen atoms in total. The second-order valence-corrected chi connectivity index (χ2v) is 7.35. The average molecular weight is 357 g/mol. The van der Waals surface area contributed by atoms with E-state index in [9.17, 15) is 14.4 Å². The SMILES string of the molecule is NC(=O)c1cccc(C[C@@H]2CCN(C(=O)CCN3CCCCC3=O)C2)c1. The van der Waals surface area contributed by atoms with E-state index in [2.05, 4.69) is 0 Å². The van der Waals surface area contributed by atoms with Crippen LogP contribution in [0, 0.1) is 5.92 Å². The Hall–Kier alpha value is -2.37. The number of carbonyl (C=O) groups excluding carboxylic acids is 3. The van der Waals surface area contributed by atoms with E-state index in [0.29, 0.717) is 30.9 Å². The van der Waals surface area contributed by atoms with Gasteiger partial charge in [0.2, 0.25) is 17.7 Å². The Balaban J connectivity index is 1.47. The zero-order chi connectivity index (χ0) is 18.5. The molecule has 0 radical (unpaired) electrons. The van der Waals surface area contributed by atoms with Crippen LogP contribution in [0.4, 0.5) is 0 Å². The maximum atomic E-state index is 12.5. The number of primary amides is 1. The molecular formula is C20H27N3O3. The van der Waals surface area contributed by atoms with Crippen molar-refractivity contribution in [2.75, 3.05) is 26.2 Å². The molecule has 2 saturated heterocycles. The number of rotatable bonds is 6. The molecular weight excluding hydrogens is 330 g/mol. The summed E-state index contributed by atoms with van der Waals surface area (Å²) in [6.07, 6.45) is 4.84. The van der Waals surface area contributed by atoms with Crippen molar-refractivity contribution in [1.29, 1.82) is 0 Å². The molecule has 2 aliphatic rings. The summed E-state index contributed by atoms with van der Waals surface area (Å²) < 4.78 is 0. The minimum atomic E-state index is -0.415. The van der Waals surface area contributed by atoms with Crippen molar-refractivity contribution in [3.63, 3.8) is 0 Å². The van der Waals surface area contributed by atoms with Gasteiger partial charge < -0.3 is 15.5 Å². The Morgan fingerprint density at radius 3 is 2.81 bits per heavy atom. The van der Waals surface area contributed by atoms with E-state index >= 15 is 0 Å². The number of nitrogens with zero attached hydrogens (tertiary/aromatic N) is 2. The second kappa shape index (κ2) is 8.34. The molecule has 2 N–H and O–H groups in total. The quantitative estimate of drug-likeness (QED) is 0.839. The van der Waals surface area contributed by atoms with Crippen LogP contribution < -0.4 is 5.73 Å². The first-order chi connectivity index (χ1) is 12.5. The lowest BCUT2D eigenvalue weighted by atomic mass is 9.97. The van der Waals surface area contributed by atoms with Crippen LogP contribution in [0.2, 0.25) is 0 Å². The molecule has 1 atom stereocenters. The van der Waals surface area contributed by atoms with Gasteiger partial charge in [-0.05, 0) is 49.3 Å². The molecule has 1 aromatic carbocycles. The lowest BCUT2D eigenvalue weighted by Gasteiger charge is -2.27. The number of carbonyl (C=O) groups is 3. The molecule has 1 aromatic rings. The Morgan fingerprint density at radius 1 is 1.19 bits per heavy atom. The third kappa shape index (κ3) is 4.62. The Labute approximate surface area is 154 Å². The average Bonchev–Trinajstić information content (AvgIpc) is 3.09. The van der Waals surface area contributed by atoms with Crippen LogP contribution in [-0.4, -0.2) is 53.7 Å². The fourth-order valence-electron chi connectivity index (χ4n) is 3.90. The van der Waals surface area contributed by atoms with Crippen LogP contribution >= 0.6 is 0 Å². The highest BCUT2D eigenvalue weighted by Gasteiger charge is 2.27. The summed E-state index contributed by atoms with van der Waals surface area (Å²) in [7, 11) is 0. The van der Waals surface area contributed by atoms with Crippen molar-refractivity contribution in [3.8, 4) is 0 Å². The summed E-state index contributed by atoms with van der Waals surface area (Å²) in [5.41, 5.74) is 6.95. The summed E-state index contributed by atoms with van der Waals surface area (Å²) >= 11 is 0. The molecule has 0 aromatic heterocycles. The summed E-state index contributed by atoms with van der Waals surface area (Å²) in [6.45, 7) is 2.84. The second-order valence-electron chi connectivity index (χ2n) is 7.35. The van der Waals surface area contributed by atoms with E-state index in [0.717, 1.165) is 50.9 Å². The lowest BCUT2D eigenvalue weighted by Crippen LogP contribution is -2.39. The van der Waals surface area contributed by atoms with Gasteiger partial charge in [0.25, 0.3) is 0 Å². The first-order valence-corrected chi connectivity index (χ1v) is 9.47. The van der Waals surface area contributed by atoms with Crippen LogP contribution in [0.15, 0.2) is 24.3 Å². The minimum absolute atomic E-state index is 0.136. The van der Waals surface area contributed by atoms with Gasteiger partial charge in [-0.2, -0.15) is 0 Å². The molecule has 3 rings (SSSR count). The summed E-state index contributed by atoms with van der Waals surface area (Å²) in [4.78, 5) is 39.3. The van der Waals surface area contributed by atoms with Crippen molar-refractivity contribution in [2.24, 2.45) is 11.7 Å². The van der Waals surface area contributed by atoms with Gasteiger partial charge in [-0.3, -0.25) is 14.4 Å². The van der Waals surface area contributed by atoms with Crippen LogP contribution in [0.3, 0.4) is 0 Å². The molecule has 3 amide bonds. The summed E-state index contributed by atoms with van der Waals surface area (Å²) in [5.74, 6) is 0.301. The van der Waals surface area contributed by atoms with Gasteiger partial charge in [-0.1, -0.05) is 12.1 Å². The van der Waals surface area contributed by atoms with Crippen molar-refractivity contribution in [3.05, 3.63) is 35.4 Å². The van der Waals surface area contributed by atoms with Gasteiger partial charge >= 0.3 is 0 Å². The van der Waals surface area contributed by atoms with Crippen LogP contribution in [-0.2, 0) is 16.0 Å². The summed E-state index contributed by atoms with van der Waals surface area (Å²) in [6, 6.07) is 7.41. The number of likely N-dealkylation sites (tertiary alicyclic amines) is 2. The van der Waals surface area contributed by atoms with Gasteiger partial charge in [0.05, 0.1) is 0 Å². The predicted molar refractivity (Wildman–Crippen MR) is 98.4 cm³/mol. The third-order valence-electron chi connectivity index (χ3n) is 5.39. The first kappa shape index (κ1) is 18.4. The van der Waals surface area contributed by atoms with E-state index in [4.69, 9.17) is 5.73 Å². The van der Waals surface area contributed by atoms with Crippen LogP contribution in [0.1, 0.15) is 48.0 Å². The normalized spacial score (nSPS) is 20.5. The van der Waals surface area contributed by atoms with Gasteiger partial charge in [-0.15, -0.1) is 0 Å². The third-order valence-corrected chi connectivity index (χ3v) is 5.39. The molecule has 0 unspecified atom stereocenters. The first-order valence-electron chi connectivity index (χ1n) is 9.47. The number of hydrogen-bond acceptors (Lipinski definition) is 3. The topological polar surface area (TPSA) is 83.7 Å². The van der Waals surface area contributed by atoms with Crippen molar-refractivity contribution in [1.82, 2.24) is 9.80 Å². The smallest absolute Gasteiger partial charge is 0.248 e. The molecule has 0 spiro atoms. The molecule has 6 heteroatoms. The highest BCUT2D eigenvalue weighted by atomic mass is 16.2. The number of hydrogen-bond donors (Lipinski definition) is 1. The van der Waals surface area contributed by atoms with Crippen molar-refractivity contribution < 1.29 is 14.4 Å². The maximum absolute atomic E-state index is 12.5. The highest BCUT2D eigenvalue weighted by molar-refractivity contribution is 5.92. The zero-order valence-corrected chi connectivity index (χ0v) is 15.2. The van der Waals surface area contributed by atoms with Gasteiger partial charge in [-0.25, -0.2) is 0 Å². The highest BCUT2D eigenvalue weighted by Crippen LogP contribution is 2.22. The molecule has 2 heterocycles. The predicted octanol–water partition coefficient (Wildman–Crippen LogP) is 1.58. The van der Waals surface area contributed by atoms with E-state index in [1.165, 1.54) is 0 Å². The number of piperidine rings is 1. The van der Waals surface area contributed by atoms with E-state index in [-0.39, 0.29) is 11.8 Å². The molecule has 0 bridgehead atoms. The minimum Gasteiger partial charge on any atom is -0.366 e. The number of nitrogens with two attached hydrogens (primary N) is 1. The van der Waals surface area contributed by atoms with E-state index in [1.54, 1.807) is 6.07 Å². The molecule has 26 heavy (non-hydrogen) atoms. The maximum Gasteiger partial charge on any atom is 0.248 e. The summed E-state index contributed by atoms with van der Waals surface area (Å²) in [5, 5.41) is 0. The fraction of sp³-hybridized carbons (Fsp3) is 0.550. The van der Waals surface area contributed by atoms with E-state index in [1.807, 2.05) is 28.0 Å². The van der Waals surface area contributed by atoms with Gasteiger partial charge in [0, 0.05) is 44.6 Å². The Morgan fingerprint density at radius 2 is 2.04 bits per heavy atom. The largest absolute Gasteiger partial charge is 0.366 e. The van der Waals surface area contributed by atoms with E-state index < -0.39 is 5.91 Å². The Kier molecular flexibility index (Phi) is 5.91. The number of benzene rings is 1. The van der Waals surface area contributed by atoms with Crippen LogP contribution in [0.25, 0.3) is 0 Å². The molecule has 140 valence electrons. The van der Waals surface area contributed by atoms with Crippen molar-refractivity contribution >= 4 is 17.7 Å². The molecule has 2 aliphatic heterocycles.